The highest BCUT2D eigenvalue weighted by atomic mass is 79.9. The van der Waals surface area contributed by atoms with Crippen LogP contribution in [0.15, 0.2) is 15.9 Å². The maximum absolute atomic E-state index is 10.6. The molecule has 1 rings (SSSR count). The Hall–Kier alpha value is -0.390. The topological polar surface area (TPSA) is 46.5 Å². The van der Waals surface area contributed by atoms with Crippen LogP contribution in [0.1, 0.15) is 11.0 Å². The molecule has 3 nitrogen and oxygen atoms in total. The SMILES string of the molecule is COC(C(=O)O)c1ccc(Br)s1. The molecule has 1 aromatic heterocycles. The van der Waals surface area contributed by atoms with Crippen molar-refractivity contribution in [3.05, 3.63) is 20.8 Å². The number of methoxy groups -OCH3 is 1. The van der Waals surface area contributed by atoms with E-state index in [9.17, 15) is 4.79 Å². The van der Waals surface area contributed by atoms with E-state index in [-0.39, 0.29) is 0 Å². The maximum Gasteiger partial charge on any atom is 0.338 e. The van der Waals surface area contributed by atoms with Crippen molar-refractivity contribution < 1.29 is 14.6 Å². The van der Waals surface area contributed by atoms with E-state index in [0.29, 0.717) is 4.88 Å². The van der Waals surface area contributed by atoms with E-state index in [0.717, 1.165) is 3.79 Å². The van der Waals surface area contributed by atoms with Gasteiger partial charge < -0.3 is 9.84 Å². The molecule has 5 heteroatoms. The van der Waals surface area contributed by atoms with E-state index in [4.69, 9.17) is 9.84 Å². The number of hydrogen-bond donors (Lipinski definition) is 1. The summed E-state index contributed by atoms with van der Waals surface area (Å²) in [6.45, 7) is 0. The Bertz CT molecular complexity index is 284. The van der Waals surface area contributed by atoms with Crippen molar-refractivity contribution in [3.8, 4) is 0 Å². The average molecular weight is 251 g/mol. The summed E-state index contributed by atoms with van der Waals surface area (Å²) in [6, 6.07) is 3.53. The molecule has 1 atom stereocenters. The van der Waals surface area contributed by atoms with Crippen LogP contribution in [0.5, 0.6) is 0 Å². The lowest BCUT2D eigenvalue weighted by Gasteiger charge is -2.06. The van der Waals surface area contributed by atoms with Gasteiger partial charge in [0.1, 0.15) is 0 Å². The van der Waals surface area contributed by atoms with Gasteiger partial charge in [-0.1, -0.05) is 0 Å². The number of rotatable bonds is 3. The second kappa shape index (κ2) is 4.02. The van der Waals surface area contributed by atoms with Gasteiger partial charge >= 0.3 is 5.97 Å². The van der Waals surface area contributed by atoms with Crippen LogP contribution < -0.4 is 0 Å². The van der Waals surface area contributed by atoms with Gasteiger partial charge in [-0.05, 0) is 28.1 Å². The smallest absolute Gasteiger partial charge is 0.338 e. The minimum Gasteiger partial charge on any atom is -0.479 e. The van der Waals surface area contributed by atoms with Crippen molar-refractivity contribution in [2.45, 2.75) is 6.10 Å². The van der Waals surface area contributed by atoms with Crippen molar-refractivity contribution in [3.63, 3.8) is 0 Å². The number of ether oxygens (including phenoxy) is 1. The number of carbonyl (C=O) groups is 1. The highest BCUT2D eigenvalue weighted by Gasteiger charge is 2.20. The molecular weight excluding hydrogens is 244 g/mol. The van der Waals surface area contributed by atoms with Crippen LogP contribution in [0.4, 0.5) is 0 Å². The Labute approximate surface area is 82.1 Å². The molecule has 0 amide bonds. The first-order valence-corrected chi connectivity index (χ1v) is 4.77. The lowest BCUT2D eigenvalue weighted by molar-refractivity contribution is -0.148. The molecule has 0 saturated heterocycles. The van der Waals surface area contributed by atoms with E-state index in [1.54, 1.807) is 12.1 Å². The molecule has 0 aromatic carbocycles. The highest BCUT2D eigenvalue weighted by molar-refractivity contribution is 9.11. The second-order valence-electron chi connectivity index (χ2n) is 2.10. The fourth-order valence-corrected chi connectivity index (χ4v) is 2.30. The van der Waals surface area contributed by atoms with Crippen molar-refractivity contribution in [1.29, 1.82) is 0 Å². The standard InChI is InChI=1S/C7H7BrO3S/c1-11-6(7(9)10)4-2-3-5(8)12-4/h2-3,6H,1H3,(H,9,10). The van der Waals surface area contributed by atoms with Gasteiger partial charge in [0, 0.05) is 12.0 Å². The zero-order valence-electron chi connectivity index (χ0n) is 6.28. The summed E-state index contributed by atoms with van der Waals surface area (Å²) in [4.78, 5) is 11.3. The molecule has 0 bridgehead atoms. The van der Waals surface area contributed by atoms with Gasteiger partial charge in [0.25, 0.3) is 0 Å². The molecule has 12 heavy (non-hydrogen) atoms. The fraction of sp³-hybridized carbons (Fsp3) is 0.286. The Morgan fingerprint density at radius 2 is 2.42 bits per heavy atom. The van der Waals surface area contributed by atoms with Crippen molar-refractivity contribution >= 4 is 33.2 Å². The molecule has 0 saturated carbocycles. The minimum absolute atomic E-state index is 0.692. The predicted octanol–water partition coefficient (Wildman–Crippen LogP) is 2.28. The average Bonchev–Trinajstić information content (AvgIpc) is 2.37. The summed E-state index contributed by atoms with van der Waals surface area (Å²) in [7, 11) is 1.38. The van der Waals surface area contributed by atoms with E-state index in [1.807, 2.05) is 0 Å². The molecular formula is C7H7BrO3S. The lowest BCUT2D eigenvalue weighted by atomic mass is 10.3. The number of carboxylic acid groups (broad SMARTS) is 1. The van der Waals surface area contributed by atoms with Crippen molar-refractivity contribution in [2.24, 2.45) is 0 Å². The van der Waals surface area contributed by atoms with E-state index in [1.165, 1.54) is 18.4 Å². The third kappa shape index (κ3) is 2.06. The van der Waals surface area contributed by atoms with Gasteiger partial charge in [-0.3, -0.25) is 0 Å². The van der Waals surface area contributed by atoms with Gasteiger partial charge in [-0.2, -0.15) is 0 Å². The Balaban J connectivity index is 2.87. The van der Waals surface area contributed by atoms with Crippen LogP contribution in [-0.2, 0) is 9.53 Å². The summed E-state index contributed by atoms with van der Waals surface area (Å²) in [5.74, 6) is -0.966. The number of carboxylic acids is 1. The molecule has 0 radical (unpaired) electrons. The van der Waals surface area contributed by atoms with Gasteiger partial charge in [0.15, 0.2) is 6.10 Å². The molecule has 0 aliphatic heterocycles. The molecule has 1 unspecified atom stereocenters. The molecule has 0 aliphatic rings. The van der Waals surface area contributed by atoms with Crippen LogP contribution in [-0.4, -0.2) is 18.2 Å². The van der Waals surface area contributed by atoms with Crippen LogP contribution in [0.3, 0.4) is 0 Å². The number of hydrogen-bond acceptors (Lipinski definition) is 3. The van der Waals surface area contributed by atoms with Gasteiger partial charge in [0.2, 0.25) is 0 Å². The Morgan fingerprint density at radius 1 is 1.75 bits per heavy atom. The molecule has 0 spiro atoms. The van der Waals surface area contributed by atoms with E-state index in [2.05, 4.69) is 15.9 Å². The number of aliphatic carboxylic acids is 1. The van der Waals surface area contributed by atoms with Gasteiger partial charge in [0.05, 0.1) is 3.79 Å². The molecule has 0 aliphatic carbocycles. The molecule has 1 N–H and O–H groups in total. The number of halogens is 1. The third-order valence-electron chi connectivity index (χ3n) is 1.31. The van der Waals surface area contributed by atoms with Crippen molar-refractivity contribution in [2.75, 3.05) is 7.11 Å². The van der Waals surface area contributed by atoms with Crippen LogP contribution in [0, 0.1) is 0 Å². The maximum atomic E-state index is 10.6. The molecule has 66 valence electrons. The summed E-state index contributed by atoms with van der Waals surface area (Å²) in [6.07, 6.45) is -0.846. The second-order valence-corrected chi connectivity index (χ2v) is 4.59. The summed E-state index contributed by atoms with van der Waals surface area (Å²) < 4.78 is 5.70. The first kappa shape index (κ1) is 9.70. The first-order valence-electron chi connectivity index (χ1n) is 3.16. The molecule has 1 aromatic rings. The molecule has 1 heterocycles. The minimum atomic E-state index is -0.966. The Kier molecular flexibility index (Phi) is 3.25. The predicted molar refractivity (Wildman–Crippen MR) is 49.4 cm³/mol. The zero-order chi connectivity index (χ0) is 9.14. The summed E-state index contributed by atoms with van der Waals surface area (Å²) >= 11 is 4.61. The first-order chi connectivity index (χ1) is 5.65. The van der Waals surface area contributed by atoms with Crippen LogP contribution >= 0.6 is 27.3 Å². The van der Waals surface area contributed by atoms with E-state index < -0.39 is 12.1 Å². The van der Waals surface area contributed by atoms with Crippen LogP contribution in [0.2, 0.25) is 0 Å². The summed E-state index contributed by atoms with van der Waals surface area (Å²) in [5, 5.41) is 8.70. The zero-order valence-corrected chi connectivity index (χ0v) is 8.68. The van der Waals surface area contributed by atoms with E-state index >= 15 is 0 Å². The van der Waals surface area contributed by atoms with Crippen LogP contribution in [0.25, 0.3) is 0 Å². The van der Waals surface area contributed by atoms with Gasteiger partial charge in [-0.25, -0.2) is 4.79 Å². The largest absolute Gasteiger partial charge is 0.479 e. The third-order valence-corrected chi connectivity index (χ3v) is 2.98. The highest BCUT2D eigenvalue weighted by Crippen LogP contribution is 2.28. The lowest BCUT2D eigenvalue weighted by Crippen LogP contribution is -2.11. The monoisotopic (exact) mass is 250 g/mol. The normalized spacial score (nSPS) is 12.8. The van der Waals surface area contributed by atoms with Gasteiger partial charge in [-0.15, -0.1) is 11.3 Å². The Morgan fingerprint density at radius 3 is 2.75 bits per heavy atom. The number of thiophene rings is 1. The molecule has 0 fully saturated rings. The van der Waals surface area contributed by atoms with Crippen molar-refractivity contribution in [1.82, 2.24) is 0 Å². The quantitative estimate of drug-likeness (QED) is 0.896. The summed E-state index contributed by atoms with van der Waals surface area (Å²) in [5.41, 5.74) is 0. The fourth-order valence-electron chi connectivity index (χ4n) is 0.808.